The van der Waals surface area contributed by atoms with Crippen LogP contribution in [-0.4, -0.2) is 73.5 Å². The monoisotopic (exact) mass is 531 g/mol. The minimum atomic E-state index is -1.82. The van der Waals surface area contributed by atoms with Gasteiger partial charge in [-0.25, -0.2) is 14.6 Å². The first-order valence-electron chi connectivity index (χ1n) is 11.3. The number of rotatable bonds is 10. The summed E-state index contributed by atoms with van der Waals surface area (Å²) in [6.45, 7) is 1.94. The van der Waals surface area contributed by atoms with Gasteiger partial charge in [0.05, 0.1) is 39.8 Å². The van der Waals surface area contributed by atoms with Crippen LogP contribution in [0.4, 0.5) is 5.95 Å². The number of carboxylic acids is 2. The lowest BCUT2D eigenvalue weighted by atomic mass is 10.1. The van der Waals surface area contributed by atoms with Gasteiger partial charge in [-0.1, -0.05) is 0 Å². The van der Waals surface area contributed by atoms with Crippen molar-refractivity contribution in [2.24, 2.45) is 0 Å². The summed E-state index contributed by atoms with van der Waals surface area (Å²) in [5.74, 6) is 0.324. The lowest BCUT2D eigenvalue weighted by molar-refractivity contribution is -0.159. The molecule has 0 amide bonds. The van der Waals surface area contributed by atoms with Crippen molar-refractivity contribution in [2.45, 2.75) is 13.1 Å². The number of carboxylic acid groups (broad SMARTS) is 2. The second kappa shape index (κ2) is 13.1. The number of ether oxygens (including phenoxy) is 6. The summed E-state index contributed by atoms with van der Waals surface area (Å²) < 4.78 is 34.7. The summed E-state index contributed by atoms with van der Waals surface area (Å²) in [5, 5.41) is 18.2. The molecule has 0 bridgehead atoms. The average molecular weight is 532 g/mol. The number of carbonyl (C=O) groups is 2. The number of nitrogens with one attached hydrogen (secondary N) is 1. The topological polar surface area (TPSA) is 160 Å². The first kappa shape index (κ1) is 27.9. The minimum absolute atomic E-state index is 0.239. The average Bonchev–Trinajstić information content (AvgIpc) is 3.56. The van der Waals surface area contributed by atoms with Crippen molar-refractivity contribution in [1.82, 2.24) is 9.55 Å². The maximum absolute atomic E-state index is 9.10. The number of fused-ring (bicyclic) bond motifs is 1. The third-order valence-electron chi connectivity index (χ3n) is 5.40. The van der Waals surface area contributed by atoms with Crippen LogP contribution in [0.15, 0.2) is 36.5 Å². The summed E-state index contributed by atoms with van der Waals surface area (Å²) in [4.78, 5) is 22.8. The zero-order chi connectivity index (χ0) is 27.7. The predicted molar refractivity (Wildman–Crippen MR) is 134 cm³/mol. The molecule has 0 atom stereocenters. The zero-order valence-electron chi connectivity index (χ0n) is 21.3. The van der Waals surface area contributed by atoms with Crippen molar-refractivity contribution in [3.63, 3.8) is 0 Å². The maximum atomic E-state index is 9.10. The summed E-state index contributed by atoms with van der Waals surface area (Å²) >= 11 is 0. The van der Waals surface area contributed by atoms with Crippen LogP contribution >= 0.6 is 0 Å². The fraction of sp³-hybridized carbons (Fsp3) is 0.320. The van der Waals surface area contributed by atoms with E-state index in [-0.39, 0.29) is 6.79 Å². The Morgan fingerprint density at radius 2 is 1.63 bits per heavy atom. The van der Waals surface area contributed by atoms with E-state index in [0.717, 1.165) is 34.3 Å². The van der Waals surface area contributed by atoms with Crippen LogP contribution in [0.1, 0.15) is 5.56 Å². The first-order chi connectivity index (χ1) is 18.3. The Morgan fingerprint density at radius 1 is 0.974 bits per heavy atom. The Morgan fingerprint density at radius 3 is 2.21 bits per heavy atom. The van der Waals surface area contributed by atoms with Crippen LogP contribution in [0.25, 0.3) is 11.3 Å². The highest BCUT2D eigenvalue weighted by molar-refractivity contribution is 6.27. The number of anilines is 1. The highest BCUT2D eigenvalue weighted by Crippen LogP contribution is 2.39. The SMILES string of the molecule is COCCn1c(-c2ccc3c(c2)OCO3)cnc1NCc1cc(OC)c(OC)c(OC)c1.O=C(O)C(=O)O. The number of imidazole rings is 1. The molecule has 204 valence electrons. The van der Waals surface area contributed by atoms with Gasteiger partial charge in [0.2, 0.25) is 18.5 Å². The van der Waals surface area contributed by atoms with Gasteiger partial charge in [-0.2, -0.15) is 0 Å². The molecule has 3 aromatic rings. The molecule has 0 spiro atoms. The van der Waals surface area contributed by atoms with E-state index < -0.39 is 11.9 Å². The third-order valence-corrected chi connectivity index (χ3v) is 5.40. The molecule has 0 aliphatic carbocycles. The lowest BCUT2D eigenvalue weighted by Gasteiger charge is -2.16. The van der Waals surface area contributed by atoms with Crippen LogP contribution in [0.5, 0.6) is 28.7 Å². The van der Waals surface area contributed by atoms with E-state index in [2.05, 4.69) is 14.9 Å². The lowest BCUT2D eigenvalue weighted by Crippen LogP contribution is -2.12. The number of aromatic nitrogens is 2. The Hall–Kier alpha value is -4.65. The van der Waals surface area contributed by atoms with Crippen molar-refractivity contribution in [3.05, 3.63) is 42.1 Å². The molecular formula is C25H29N3O10. The minimum Gasteiger partial charge on any atom is -0.493 e. The van der Waals surface area contributed by atoms with Gasteiger partial charge in [0.25, 0.3) is 0 Å². The highest BCUT2D eigenvalue weighted by Gasteiger charge is 2.18. The second-order valence-corrected chi connectivity index (χ2v) is 7.68. The highest BCUT2D eigenvalue weighted by atomic mass is 16.7. The number of methoxy groups -OCH3 is 4. The molecule has 38 heavy (non-hydrogen) atoms. The smallest absolute Gasteiger partial charge is 0.414 e. The van der Waals surface area contributed by atoms with E-state index in [1.54, 1.807) is 28.4 Å². The van der Waals surface area contributed by atoms with Crippen molar-refractivity contribution in [2.75, 3.05) is 47.2 Å². The molecule has 13 heteroatoms. The fourth-order valence-corrected chi connectivity index (χ4v) is 3.63. The van der Waals surface area contributed by atoms with Crippen LogP contribution in [-0.2, 0) is 27.4 Å². The Balaban J connectivity index is 0.000000599. The maximum Gasteiger partial charge on any atom is 0.414 e. The standard InChI is InChI=1S/C23H27N3O6.C2H2O4/c1-27-8-7-26-17(16-5-6-18-19(11-16)32-14-31-18)13-25-23(26)24-12-15-9-20(28-2)22(30-4)21(10-15)29-3;3-1(4)2(5)6/h5-6,9-11,13H,7-8,12,14H2,1-4H3,(H,24,25);(H,3,4)(H,5,6). The number of hydrogen-bond donors (Lipinski definition) is 3. The molecule has 1 aliphatic heterocycles. The van der Waals surface area contributed by atoms with Crippen LogP contribution < -0.4 is 29.0 Å². The van der Waals surface area contributed by atoms with Gasteiger partial charge < -0.3 is 48.5 Å². The fourth-order valence-electron chi connectivity index (χ4n) is 3.63. The van der Waals surface area contributed by atoms with Gasteiger partial charge >= 0.3 is 11.9 Å². The van der Waals surface area contributed by atoms with Crippen molar-refractivity contribution in [1.29, 1.82) is 0 Å². The third kappa shape index (κ3) is 6.56. The molecule has 2 heterocycles. The number of benzene rings is 2. The molecule has 1 aromatic heterocycles. The quantitative estimate of drug-likeness (QED) is 0.329. The van der Waals surface area contributed by atoms with E-state index in [9.17, 15) is 0 Å². The summed E-state index contributed by atoms with van der Waals surface area (Å²) in [6.07, 6.45) is 1.84. The molecule has 13 nitrogen and oxygen atoms in total. The molecule has 0 saturated heterocycles. The van der Waals surface area contributed by atoms with E-state index in [1.807, 2.05) is 36.5 Å². The van der Waals surface area contributed by atoms with E-state index >= 15 is 0 Å². The summed E-state index contributed by atoms with van der Waals surface area (Å²) in [7, 11) is 6.47. The van der Waals surface area contributed by atoms with Crippen LogP contribution in [0, 0.1) is 0 Å². The number of nitrogens with zero attached hydrogens (tertiary/aromatic N) is 2. The number of aliphatic carboxylic acids is 2. The van der Waals surface area contributed by atoms with Crippen LogP contribution in [0.2, 0.25) is 0 Å². The molecule has 0 fully saturated rings. The summed E-state index contributed by atoms with van der Waals surface area (Å²) in [5.41, 5.74) is 2.90. The molecule has 4 rings (SSSR count). The van der Waals surface area contributed by atoms with Gasteiger partial charge in [0.15, 0.2) is 23.0 Å². The zero-order valence-corrected chi connectivity index (χ0v) is 21.3. The largest absolute Gasteiger partial charge is 0.493 e. The van der Waals surface area contributed by atoms with Gasteiger partial charge in [0.1, 0.15) is 0 Å². The predicted octanol–water partition coefficient (Wildman–Crippen LogP) is 2.72. The molecule has 3 N–H and O–H groups in total. The van der Waals surface area contributed by atoms with Crippen LogP contribution in [0.3, 0.4) is 0 Å². The normalized spacial score (nSPS) is 11.3. The molecule has 0 radical (unpaired) electrons. The molecular weight excluding hydrogens is 502 g/mol. The summed E-state index contributed by atoms with van der Waals surface area (Å²) in [6, 6.07) is 9.70. The van der Waals surface area contributed by atoms with E-state index in [4.69, 9.17) is 48.2 Å². The van der Waals surface area contributed by atoms with Crippen molar-refractivity contribution in [3.8, 4) is 40.0 Å². The van der Waals surface area contributed by atoms with Gasteiger partial charge in [0, 0.05) is 25.8 Å². The Labute approximate surface area is 218 Å². The number of hydrogen-bond acceptors (Lipinski definition) is 10. The van der Waals surface area contributed by atoms with E-state index in [0.29, 0.717) is 36.9 Å². The van der Waals surface area contributed by atoms with Crippen molar-refractivity contribution >= 4 is 17.9 Å². The Kier molecular flexibility index (Phi) is 9.60. The van der Waals surface area contributed by atoms with Crippen molar-refractivity contribution < 1.29 is 48.2 Å². The second-order valence-electron chi connectivity index (χ2n) is 7.68. The van der Waals surface area contributed by atoms with E-state index in [1.165, 1.54) is 0 Å². The van der Waals surface area contributed by atoms with Gasteiger partial charge in [-0.3, -0.25) is 0 Å². The molecule has 0 saturated carbocycles. The van der Waals surface area contributed by atoms with Gasteiger partial charge in [-0.05, 0) is 35.9 Å². The molecule has 2 aromatic carbocycles. The molecule has 0 unspecified atom stereocenters. The Bertz CT molecular complexity index is 1240. The first-order valence-corrected chi connectivity index (χ1v) is 11.3. The molecule has 1 aliphatic rings. The van der Waals surface area contributed by atoms with Gasteiger partial charge in [-0.15, -0.1) is 0 Å².